The number of thiophene rings is 1. The fourth-order valence-electron chi connectivity index (χ4n) is 2.82. The molecule has 3 heterocycles. The van der Waals surface area contributed by atoms with Crippen molar-refractivity contribution < 1.29 is 0 Å². The molecular formula is C18H10Br2N4S. The normalized spacial score (nSPS) is 11.6. The molecular weight excluding hydrogens is 464 g/mol. The summed E-state index contributed by atoms with van der Waals surface area (Å²) in [5.41, 5.74) is 3.97. The Balaban J connectivity index is 1.68. The van der Waals surface area contributed by atoms with E-state index < -0.39 is 0 Å². The molecule has 5 rings (SSSR count). The Morgan fingerprint density at radius 1 is 0.680 bits per heavy atom. The van der Waals surface area contributed by atoms with Crippen LogP contribution < -0.4 is 0 Å². The van der Waals surface area contributed by atoms with Gasteiger partial charge in [0, 0.05) is 0 Å². The monoisotopic (exact) mass is 472 g/mol. The molecule has 122 valence electrons. The van der Waals surface area contributed by atoms with E-state index in [1.807, 2.05) is 48.5 Å². The molecule has 0 fully saturated rings. The van der Waals surface area contributed by atoms with Gasteiger partial charge in [-0.1, -0.05) is 24.3 Å². The molecule has 0 spiro atoms. The molecule has 2 N–H and O–H groups in total. The fourth-order valence-corrected chi connectivity index (χ4v) is 5.31. The third-order valence-corrected chi connectivity index (χ3v) is 7.85. The Bertz CT molecular complexity index is 1070. The molecule has 7 heteroatoms. The Morgan fingerprint density at radius 3 is 1.56 bits per heavy atom. The van der Waals surface area contributed by atoms with Crippen LogP contribution in [0.15, 0.2) is 57.5 Å². The number of fused-ring (bicyclic) bond motifs is 2. The number of nitrogens with zero attached hydrogens (tertiary/aromatic N) is 2. The highest BCUT2D eigenvalue weighted by Gasteiger charge is 2.21. The van der Waals surface area contributed by atoms with Crippen molar-refractivity contribution in [3.8, 4) is 21.4 Å². The Kier molecular flexibility index (Phi) is 3.55. The number of rotatable bonds is 2. The van der Waals surface area contributed by atoms with Gasteiger partial charge in [-0.15, -0.1) is 11.3 Å². The van der Waals surface area contributed by atoms with Gasteiger partial charge in [-0.3, -0.25) is 0 Å². The molecule has 0 radical (unpaired) electrons. The Hall–Kier alpha value is -1.96. The van der Waals surface area contributed by atoms with Crippen molar-refractivity contribution in [3.63, 3.8) is 0 Å². The van der Waals surface area contributed by atoms with Crippen LogP contribution in [-0.2, 0) is 0 Å². The van der Waals surface area contributed by atoms with Crippen molar-refractivity contribution in [2.45, 2.75) is 0 Å². The van der Waals surface area contributed by atoms with Crippen molar-refractivity contribution in [2.75, 3.05) is 0 Å². The van der Waals surface area contributed by atoms with Crippen LogP contribution in [-0.4, -0.2) is 19.9 Å². The molecule has 2 aromatic carbocycles. The minimum Gasteiger partial charge on any atom is -0.337 e. The third kappa shape index (κ3) is 2.46. The summed E-state index contributed by atoms with van der Waals surface area (Å²) < 4.78 is 1.96. The molecule has 25 heavy (non-hydrogen) atoms. The number of hydrogen-bond donors (Lipinski definition) is 2. The van der Waals surface area contributed by atoms with Crippen molar-refractivity contribution in [1.29, 1.82) is 0 Å². The second-order valence-electron chi connectivity index (χ2n) is 5.59. The van der Waals surface area contributed by atoms with Crippen LogP contribution in [0.3, 0.4) is 0 Å². The van der Waals surface area contributed by atoms with Crippen LogP contribution in [0.5, 0.6) is 0 Å². The first kappa shape index (κ1) is 15.3. The minimum atomic E-state index is 0.848. The molecule has 5 aromatic rings. The SMILES string of the molecule is Brc1c(-c2nc3ccccc3[nH]2)sc(-c2nc3ccccc3[nH]2)c1Br. The van der Waals surface area contributed by atoms with Crippen molar-refractivity contribution >= 4 is 65.3 Å². The molecule has 0 aliphatic heterocycles. The maximum absolute atomic E-state index is 4.71. The minimum absolute atomic E-state index is 0.848. The highest BCUT2D eigenvalue weighted by molar-refractivity contribution is 9.13. The zero-order valence-corrected chi connectivity index (χ0v) is 16.7. The van der Waals surface area contributed by atoms with Crippen LogP contribution in [0.25, 0.3) is 43.5 Å². The number of aromatic nitrogens is 4. The predicted molar refractivity (Wildman–Crippen MR) is 110 cm³/mol. The molecule has 0 aliphatic rings. The summed E-state index contributed by atoms with van der Waals surface area (Å²) in [7, 11) is 0. The van der Waals surface area contributed by atoms with Crippen molar-refractivity contribution in [1.82, 2.24) is 19.9 Å². The van der Waals surface area contributed by atoms with Gasteiger partial charge in [-0.25, -0.2) is 9.97 Å². The van der Waals surface area contributed by atoms with Crippen molar-refractivity contribution in [3.05, 3.63) is 57.5 Å². The van der Waals surface area contributed by atoms with Crippen LogP contribution in [0.2, 0.25) is 0 Å². The van der Waals surface area contributed by atoms with Gasteiger partial charge in [0.25, 0.3) is 0 Å². The number of halogens is 2. The molecule has 0 amide bonds. The standard InChI is InChI=1S/C18H10Br2N4S/c19-13-14(20)16(18-23-11-7-3-4-8-12(11)24-18)25-15(13)17-21-9-5-1-2-6-10(9)22-17/h1-8H,(H,21,22)(H,23,24). The zero-order chi connectivity index (χ0) is 17.0. The number of aromatic amines is 2. The predicted octanol–water partition coefficient (Wildman–Crippen LogP) is 6.36. The van der Waals surface area contributed by atoms with Crippen LogP contribution in [0, 0.1) is 0 Å². The van der Waals surface area contributed by atoms with Gasteiger partial charge < -0.3 is 9.97 Å². The second-order valence-corrected chi connectivity index (χ2v) is 8.20. The topological polar surface area (TPSA) is 57.4 Å². The summed E-state index contributed by atoms with van der Waals surface area (Å²) in [5, 5.41) is 0. The van der Waals surface area contributed by atoms with Gasteiger partial charge in [0.05, 0.1) is 40.8 Å². The number of para-hydroxylation sites is 4. The van der Waals surface area contributed by atoms with E-state index in [9.17, 15) is 0 Å². The maximum Gasteiger partial charge on any atom is 0.149 e. The lowest BCUT2D eigenvalue weighted by atomic mass is 10.3. The quantitative estimate of drug-likeness (QED) is 0.313. The summed E-state index contributed by atoms with van der Waals surface area (Å²) in [4.78, 5) is 18.3. The summed E-state index contributed by atoms with van der Waals surface area (Å²) in [6.07, 6.45) is 0. The zero-order valence-electron chi connectivity index (χ0n) is 12.7. The van der Waals surface area contributed by atoms with E-state index in [0.717, 1.165) is 52.4 Å². The molecule has 0 aliphatic carbocycles. The lowest BCUT2D eigenvalue weighted by Gasteiger charge is -1.92. The van der Waals surface area contributed by atoms with E-state index in [4.69, 9.17) is 9.97 Å². The van der Waals surface area contributed by atoms with Gasteiger partial charge in [0.15, 0.2) is 0 Å². The van der Waals surface area contributed by atoms with Gasteiger partial charge in [-0.2, -0.15) is 0 Å². The largest absolute Gasteiger partial charge is 0.337 e. The summed E-state index contributed by atoms with van der Waals surface area (Å²) in [6, 6.07) is 16.1. The maximum atomic E-state index is 4.71. The lowest BCUT2D eigenvalue weighted by molar-refractivity contribution is 1.34. The van der Waals surface area contributed by atoms with Gasteiger partial charge in [-0.05, 0) is 56.1 Å². The van der Waals surface area contributed by atoms with Gasteiger partial charge >= 0.3 is 0 Å². The van der Waals surface area contributed by atoms with E-state index in [2.05, 4.69) is 41.8 Å². The van der Waals surface area contributed by atoms with Gasteiger partial charge in [0.2, 0.25) is 0 Å². The number of benzene rings is 2. The molecule has 0 saturated heterocycles. The average molecular weight is 474 g/mol. The number of H-pyrrole nitrogens is 2. The summed E-state index contributed by atoms with van der Waals surface area (Å²) >= 11 is 9.04. The van der Waals surface area contributed by atoms with Crippen LogP contribution in [0.4, 0.5) is 0 Å². The van der Waals surface area contributed by atoms with Crippen LogP contribution in [0.1, 0.15) is 0 Å². The Morgan fingerprint density at radius 2 is 1.12 bits per heavy atom. The third-order valence-electron chi connectivity index (χ3n) is 4.00. The second kappa shape index (κ2) is 5.79. The highest BCUT2D eigenvalue weighted by atomic mass is 79.9. The first-order valence-corrected chi connectivity index (χ1v) is 9.99. The summed E-state index contributed by atoms with van der Waals surface area (Å²) in [6.45, 7) is 0. The fraction of sp³-hybridized carbons (Fsp3) is 0. The highest BCUT2D eigenvalue weighted by Crippen LogP contribution is 2.47. The molecule has 4 nitrogen and oxygen atoms in total. The number of hydrogen-bond acceptors (Lipinski definition) is 3. The molecule has 0 saturated carbocycles. The molecule has 0 unspecified atom stereocenters. The average Bonchev–Trinajstić information content (AvgIpc) is 3.31. The Labute approximate surface area is 163 Å². The van der Waals surface area contributed by atoms with Crippen molar-refractivity contribution in [2.24, 2.45) is 0 Å². The van der Waals surface area contributed by atoms with Gasteiger partial charge in [0.1, 0.15) is 11.6 Å². The van der Waals surface area contributed by atoms with E-state index >= 15 is 0 Å². The molecule has 3 aromatic heterocycles. The van der Waals surface area contributed by atoms with Crippen LogP contribution >= 0.6 is 43.2 Å². The first-order valence-electron chi connectivity index (χ1n) is 7.59. The van der Waals surface area contributed by atoms with E-state index in [1.54, 1.807) is 11.3 Å². The van der Waals surface area contributed by atoms with E-state index in [1.165, 1.54) is 0 Å². The van der Waals surface area contributed by atoms with E-state index in [-0.39, 0.29) is 0 Å². The number of imidazole rings is 2. The smallest absolute Gasteiger partial charge is 0.149 e. The number of nitrogens with one attached hydrogen (secondary N) is 2. The summed E-state index contributed by atoms with van der Waals surface area (Å²) in [5.74, 6) is 1.70. The lowest BCUT2D eigenvalue weighted by Crippen LogP contribution is -1.75. The molecule has 0 bridgehead atoms. The van der Waals surface area contributed by atoms with E-state index in [0.29, 0.717) is 0 Å². The molecule has 0 atom stereocenters. The first-order chi connectivity index (χ1) is 12.2.